The van der Waals surface area contributed by atoms with Crippen molar-refractivity contribution < 1.29 is 19.5 Å². The third-order valence-electron chi connectivity index (χ3n) is 7.75. The Labute approximate surface area is 212 Å². The van der Waals surface area contributed by atoms with Crippen LogP contribution < -0.4 is 0 Å². The Balaban J connectivity index is 0.00000289. The molecule has 3 aliphatic rings. The van der Waals surface area contributed by atoms with Gasteiger partial charge < -0.3 is 10.0 Å². The van der Waals surface area contributed by atoms with Crippen LogP contribution in [0.1, 0.15) is 69.0 Å². The molecule has 0 bridgehead atoms. The van der Waals surface area contributed by atoms with E-state index in [0.717, 1.165) is 50.8 Å². The number of imide groups is 1. The van der Waals surface area contributed by atoms with Gasteiger partial charge in [0.2, 0.25) is 0 Å². The third kappa shape index (κ3) is 4.67. The van der Waals surface area contributed by atoms with Crippen LogP contribution in [0.2, 0.25) is 0 Å². The number of hydrogen-bond donors (Lipinski definition) is 1. The first kappa shape index (κ1) is 25.2. The first-order valence-electron chi connectivity index (χ1n) is 12.2. The quantitative estimate of drug-likeness (QED) is 0.453. The lowest BCUT2D eigenvalue weighted by molar-refractivity contribution is 0.0649. The molecule has 5 rings (SSSR count). The second-order valence-corrected chi connectivity index (χ2v) is 9.68. The fraction of sp³-hybridized carbons (Fsp3) is 0.444. The van der Waals surface area contributed by atoms with Gasteiger partial charge in [0.15, 0.2) is 0 Å². The molecule has 0 saturated carbocycles. The Kier molecular flexibility index (Phi) is 7.47. The molecular weight excluding hydrogens is 466 g/mol. The molecule has 7 nitrogen and oxygen atoms in total. The average molecular weight is 498 g/mol. The minimum Gasteiger partial charge on any atom is -0.465 e. The topological polar surface area (TPSA) is 81.2 Å². The van der Waals surface area contributed by atoms with Crippen molar-refractivity contribution in [2.45, 2.75) is 50.6 Å². The predicted octanol–water partition coefficient (Wildman–Crippen LogP) is 4.40. The maximum Gasteiger partial charge on any atom is 0.407 e. The summed E-state index contributed by atoms with van der Waals surface area (Å²) in [5.41, 5.74) is 4.89. The van der Waals surface area contributed by atoms with Gasteiger partial charge in [-0.15, -0.1) is 12.4 Å². The number of amides is 3. The van der Waals surface area contributed by atoms with E-state index in [2.05, 4.69) is 23.1 Å². The molecular formula is C27H32ClN3O4. The van der Waals surface area contributed by atoms with Crippen LogP contribution in [0.5, 0.6) is 0 Å². The molecule has 2 aliphatic heterocycles. The maximum atomic E-state index is 12.6. The lowest BCUT2D eigenvalue weighted by Crippen LogP contribution is -2.37. The molecule has 2 aromatic carbocycles. The molecule has 1 fully saturated rings. The fourth-order valence-corrected chi connectivity index (χ4v) is 6.04. The molecule has 0 aromatic heterocycles. The minimum atomic E-state index is -0.903. The molecule has 1 N–H and O–H groups in total. The van der Waals surface area contributed by atoms with E-state index < -0.39 is 6.09 Å². The lowest BCUT2D eigenvalue weighted by atomic mass is 9.77. The number of fused-ring (bicyclic) bond motifs is 4. The van der Waals surface area contributed by atoms with Gasteiger partial charge >= 0.3 is 6.09 Å². The van der Waals surface area contributed by atoms with Crippen molar-refractivity contribution in [3.63, 3.8) is 0 Å². The molecule has 8 heteroatoms. The zero-order valence-electron chi connectivity index (χ0n) is 20.0. The highest BCUT2D eigenvalue weighted by molar-refractivity contribution is 6.21. The Morgan fingerprint density at radius 2 is 1.69 bits per heavy atom. The summed E-state index contributed by atoms with van der Waals surface area (Å²) in [7, 11) is 1.62. The number of rotatable bonds is 7. The van der Waals surface area contributed by atoms with Crippen molar-refractivity contribution in [3.05, 3.63) is 70.3 Å². The minimum absolute atomic E-state index is 0. The highest BCUT2D eigenvalue weighted by Gasteiger charge is 2.39. The van der Waals surface area contributed by atoms with Crippen molar-refractivity contribution in [2.24, 2.45) is 0 Å². The van der Waals surface area contributed by atoms with E-state index in [1.54, 1.807) is 31.3 Å². The lowest BCUT2D eigenvalue weighted by Gasteiger charge is -2.35. The highest BCUT2D eigenvalue weighted by atomic mass is 35.5. The van der Waals surface area contributed by atoms with Gasteiger partial charge in [0.05, 0.1) is 11.1 Å². The largest absolute Gasteiger partial charge is 0.465 e. The summed E-state index contributed by atoms with van der Waals surface area (Å²) in [5, 5.41) is 9.26. The number of benzene rings is 2. The Hall–Kier alpha value is -2.90. The molecule has 0 unspecified atom stereocenters. The van der Waals surface area contributed by atoms with E-state index >= 15 is 0 Å². The SMILES string of the molecule is CN(Cc1cccc2c1CC[C@H]1[C@@H]2CCN1CCCCN1C(=O)c2ccccc2C1=O)C(=O)O.Cl. The molecule has 1 saturated heterocycles. The molecule has 0 spiro atoms. The van der Waals surface area contributed by atoms with Gasteiger partial charge in [-0.1, -0.05) is 30.3 Å². The van der Waals surface area contributed by atoms with Crippen molar-refractivity contribution in [1.82, 2.24) is 14.7 Å². The standard InChI is InChI=1S/C27H31N3O4.ClH/c1-28(27(33)34)17-18-7-6-10-20-19(18)11-12-24-21(20)13-16-29(24)14-4-5-15-30-25(31)22-8-2-3-9-23(22)26(30)32;/h2-3,6-10,21,24H,4-5,11-17H2,1H3,(H,33,34);1H/t21-,24+;/m1./s1. The van der Waals surface area contributed by atoms with Crippen LogP contribution >= 0.6 is 12.4 Å². The van der Waals surface area contributed by atoms with Crippen molar-refractivity contribution in [3.8, 4) is 0 Å². The summed E-state index contributed by atoms with van der Waals surface area (Å²) in [6, 6.07) is 13.9. The van der Waals surface area contributed by atoms with Crippen LogP contribution in [0.3, 0.4) is 0 Å². The van der Waals surface area contributed by atoms with Gasteiger partial charge in [0, 0.05) is 32.1 Å². The van der Waals surface area contributed by atoms with Crippen LogP contribution in [0.4, 0.5) is 4.79 Å². The summed E-state index contributed by atoms with van der Waals surface area (Å²) in [5.74, 6) is 0.153. The third-order valence-corrected chi connectivity index (χ3v) is 7.75. The zero-order chi connectivity index (χ0) is 23.8. The summed E-state index contributed by atoms with van der Waals surface area (Å²) in [6.07, 6.45) is 4.04. The summed E-state index contributed by atoms with van der Waals surface area (Å²) < 4.78 is 0. The number of likely N-dealkylation sites (tertiary alicyclic amines) is 1. The first-order valence-corrected chi connectivity index (χ1v) is 12.2. The Morgan fingerprint density at radius 3 is 2.37 bits per heavy atom. The van der Waals surface area contributed by atoms with Crippen LogP contribution in [0.15, 0.2) is 42.5 Å². The number of nitrogens with zero attached hydrogens (tertiary/aromatic N) is 3. The second-order valence-electron chi connectivity index (χ2n) is 9.68. The van der Waals surface area contributed by atoms with E-state index in [1.165, 1.54) is 20.9 Å². The fourth-order valence-electron chi connectivity index (χ4n) is 6.04. The number of unbranched alkanes of at least 4 members (excludes halogenated alkanes) is 1. The van der Waals surface area contributed by atoms with Crippen molar-refractivity contribution in [2.75, 3.05) is 26.7 Å². The van der Waals surface area contributed by atoms with E-state index in [4.69, 9.17) is 0 Å². The van der Waals surface area contributed by atoms with E-state index in [9.17, 15) is 19.5 Å². The van der Waals surface area contributed by atoms with Gasteiger partial charge in [-0.25, -0.2) is 4.79 Å². The van der Waals surface area contributed by atoms with Gasteiger partial charge in [0.25, 0.3) is 11.8 Å². The second kappa shape index (κ2) is 10.4. The van der Waals surface area contributed by atoms with Crippen LogP contribution in [-0.4, -0.2) is 70.4 Å². The Bertz CT molecular complexity index is 1100. The smallest absolute Gasteiger partial charge is 0.407 e. The molecule has 2 heterocycles. The molecule has 35 heavy (non-hydrogen) atoms. The van der Waals surface area contributed by atoms with Gasteiger partial charge in [-0.2, -0.15) is 0 Å². The van der Waals surface area contributed by atoms with Gasteiger partial charge in [-0.05, 0) is 74.0 Å². The van der Waals surface area contributed by atoms with Gasteiger partial charge in [-0.3, -0.25) is 19.4 Å². The molecule has 0 radical (unpaired) electrons. The van der Waals surface area contributed by atoms with Crippen LogP contribution in [0, 0.1) is 0 Å². The number of carbonyl (C=O) groups excluding carboxylic acids is 2. The molecule has 2 aromatic rings. The summed E-state index contributed by atoms with van der Waals surface area (Å²) in [6.45, 7) is 2.93. The first-order chi connectivity index (χ1) is 16.5. The summed E-state index contributed by atoms with van der Waals surface area (Å²) in [4.78, 5) is 41.7. The molecule has 2 atom stereocenters. The predicted molar refractivity (Wildman–Crippen MR) is 135 cm³/mol. The van der Waals surface area contributed by atoms with E-state index in [0.29, 0.717) is 36.2 Å². The molecule has 1 aliphatic carbocycles. The normalized spacial score (nSPS) is 20.8. The Morgan fingerprint density at radius 1 is 1.00 bits per heavy atom. The van der Waals surface area contributed by atoms with Crippen LogP contribution in [-0.2, 0) is 13.0 Å². The number of halogens is 1. The average Bonchev–Trinajstić information content (AvgIpc) is 3.36. The van der Waals surface area contributed by atoms with Crippen molar-refractivity contribution in [1.29, 1.82) is 0 Å². The highest BCUT2D eigenvalue weighted by Crippen LogP contribution is 2.42. The molecule has 186 valence electrons. The van der Waals surface area contributed by atoms with E-state index in [1.807, 2.05) is 0 Å². The summed E-state index contributed by atoms with van der Waals surface area (Å²) >= 11 is 0. The monoisotopic (exact) mass is 497 g/mol. The van der Waals surface area contributed by atoms with Crippen LogP contribution in [0.25, 0.3) is 0 Å². The van der Waals surface area contributed by atoms with Gasteiger partial charge in [0.1, 0.15) is 0 Å². The molecule has 3 amide bonds. The zero-order valence-corrected chi connectivity index (χ0v) is 20.8. The number of hydrogen-bond acceptors (Lipinski definition) is 4. The van der Waals surface area contributed by atoms with Crippen molar-refractivity contribution >= 4 is 30.3 Å². The number of carbonyl (C=O) groups is 3. The number of carboxylic acid groups (broad SMARTS) is 1. The van der Waals surface area contributed by atoms with E-state index in [-0.39, 0.29) is 24.2 Å². The maximum absolute atomic E-state index is 12.6.